The highest BCUT2D eigenvalue weighted by molar-refractivity contribution is 7.99. The maximum Gasteiger partial charge on any atom is 0.251 e. The van der Waals surface area contributed by atoms with Crippen LogP contribution in [0, 0.1) is 0 Å². The minimum atomic E-state index is -1.18. The normalized spacial score (nSPS) is 15.0. The van der Waals surface area contributed by atoms with Crippen molar-refractivity contribution in [3.63, 3.8) is 0 Å². The molecule has 0 bridgehead atoms. The molecular formula is C28H34N6O4S. The van der Waals surface area contributed by atoms with Gasteiger partial charge in [-0.25, -0.2) is 4.98 Å². The quantitative estimate of drug-likeness (QED) is 0.334. The number of nitrogens with zero attached hydrogens (tertiary/aromatic N) is 3. The number of imidazole rings is 1. The molecule has 4 rings (SSSR count). The minimum Gasteiger partial charge on any atom is -0.374 e. The molecule has 1 aliphatic heterocycles. The van der Waals surface area contributed by atoms with Crippen LogP contribution in [0.3, 0.4) is 0 Å². The number of hydrogen-bond acceptors (Lipinski definition) is 7. The van der Waals surface area contributed by atoms with Crippen molar-refractivity contribution in [2.24, 2.45) is 5.73 Å². The summed E-state index contributed by atoms with van der Waals surface area (Å²) >= 11 is 1.71. The summed E-state index contributed by atoms with van der Waals surface area (Å²) in [4.78, 5) is 45.4. The van der Waals surface area contributed by atoms with E-state index in [1.54, 1.807) is 36.4 Å². The summed E-state index contributed by atoms with van der Waals surface area (Å²) in [5.41, 5.74) is 6.51. The molecule has 10 nitrogen and oxygen atoms in total. The van der Waals surface area contributed by atoms with Crippen LogP contribution in [0.1, 0.15) is 31.0 Å². The second-order valence-electron chi connectivity index (χ2n) is 9.90. The fourth-order valence-corrected chi connectivity index (χ4v) is 4.95. The average molecular weight is 551 g/mol. The number of ether oxygens (including phenoxy) is 1. The second-order valence-corrected chi connectivity index (χ2v) is 11.0. The molecule has 0 aliphatic carbocycles. The zero-order valence-electron chi connectivity index (χ0n) is 22.1. The standard InChI is InChI=1S/C28H34N6O4S/c1-28(2,29)27(37)31-22(17-38-16-20-9-5-3-6-10-20)25(35)32-23-15-34(18-30-23)24(21-11-7-4-8-12-21)26(36)33-13-14-39-19-33/h3-12,15,18,22,24H,13-14,16-17,19,29H2,1-2H3,(H,31,37)(H,32,35)/t22-,24?/m1/s1. The third kappa shape index (κ3) is 7.69. The first-order valence-electron chi connectivity index (χ1n) is 12.7. The molecular weight excluding hydrogens is 516 g/mol. The Morgan fingerprint density at radius 1 is 1.10 bits per heavy atom. The number of benzene rings is 2. The number of carbonyl (C=O) groups is 3. The van der Waals surface area contributed by atoms with Gasteiger partial charge in [-0.05, 0) is 25.0 Å². The summed E-state index contributed by atoms with van der Waals surface area (Å²) in [6, 6.07) is 17.3. The summed E-state index contributed by atoms with van der Waals surface area (Å²) in [5.74, 6) is 0.754. The average Bonchev–Trinajstić information content (AvgIpc) is 3.62. The van der Waals surface area contributed by atoms with Crippen molar-refractivity contribution in [2.75, 3.05) is 30.1 Å². The van der Waals surface area contributed by atoms with Crippen LogP contribution in [-0.2, 0) is 25.7 Å². The van der Waals surface area contributed by atoms with E-state index in [2.05, 4.69) is 15.6 Å². The number of nitrogens with one attached hydrogen (secondary N) is 2. The van der Waals surface area contributed by atoms with E-state index in [0.717, 1.165) is 16.9 Å². The summed E-state index contributed by atoms with van der Waals surface area (Å²) in [6.07, 6.45) is 3.14. The Balaban J connectivity index is 1.48. The Bertz CT molecular complexity index is 1260. The second kappa shape index (κ2) is 12.9. The number of thioether (sulfide) groups is 1. The Morgan fingerprint density at radius 3 is 2.44 bits per heavy atom. The number of rotatable bonds is 11. The van der Waals surface area contributed by atoms with Crippen LogP contribution in [0.4, 0.5) is 5.82 Å². The molecule has 3 aromatic rings. The molecule has 1 unspecified atom stereocenters. The van der Waals surface area contributed by atoms with E-state index in [1.807, 2.05) is 65.6 Å². The van der Waals surface area contributed by atoms with Gasteiger partial charge in [0, 0.05) is 18.5 Å². The summed E-state index contributed by atoms with van der Waals surface area (Å²) < 4.78 is 7.44. The number of anilines is 1. The van der Waals surface area contributed by atoms with E-state index in [0.29, 0.717) is 12.4 Å². The zero-order valence-corrected chi connectivity index (χ0v) is 22.9. The van der Waals surface area contributed by atoms with Gasteiger partial charge in [-0.3, -0.25) is 14.4 Å². The van der Waals surface area contributed by atoms with Crippen molar-refractivity contribution >= 4 is 35.3 Å². The van der Waals surface area contributed by atoms with Gasteiger partial charge in [0.1, 0.15) is 12.1 Å². The summed E-state index contributed by atoms with van der Waals surface area (Å²) in [5, 5.41) is 5.42. The summed E-state index contributed by atoms with van der Waals surface area (Å²) in [6.45, 7) is 4.01. The number of amides is 3. The van der Waals surface area contributed by atoms with Gasteiger partial charge in [0.05, 0.1) is 31.0 Å². The molecule has 206 valence electrons. The SMILES string of the molecule is CC(C)(N)C(=O)N[C@H](COCc1ccccc1)C(=O)Nc1cn(C(C(=O)N2CCSC2)c2ccccc2)cn1. The van der Waals surface area contributed by atoms with Crippen LogP contribution < -0.4 is 16.4 Å². The van der Waals surface area contributed by atoms with Crippen molar-refractivity contribution in [2.45, 2.75) is 38.1 Å². The summed E-state index contributed by atoms with van der Waals surface area (Å²) in [7, 11) is 0. The van der Waals surface area contributed by atoms with E-state index in [9.17, 15) is 14.4 Å². The molecule has 2 atom stereocenters. The Hall–Kier alpha value is -3.67. The van der Waals surface area contributed by atoms with Gasteiger partial charge >= 0.3 is 0 Å². The van der Waals surface area contributed by atoms with Crippen LogP contribution in [0.25, 0.3) is 0 Å². The molecule has 2 aromatic carbocycles. The molecule has 11 heteroatoms. The predicted molar refractivity (Wildman–Crippen MR) is 151 cm³/mol. The first kappa shape index (κ1) is 28.3. The molecule has 0 saturated carbocycles. The highest BCUT2D eigenvalue weighted by atomic mass is 32.2. The molecule has 1 fully saturated rings. The monoisotopic (exact) mass is 550 g/mol. The molecule has 0 spiro atoms. The van der Waals surface area contributed by atoms with Gasteiger partial charge in [-0.15, -0.1) is 11.8 Å². The largest absolute Gasteiger partial charge is 0.374 e. The van der Waals surface area contributed by atoms with E-state index in [1.165, 1.54) is 6.33 Å². The third-order valence-corrected chi connectivity index (χ3v) is 7.13. The van der Waals surface area contributed by atoms with E-state index >= 15 is 0 Å². The van der Waals surface area contributed by atoms with E-state index in [-0.39, 0.29) is 24.9 Å². The third-order valence-electron chi connectivity index (χ3n) is 6.17. The van der Waals surface area contributed by atoms with Crippen molar-refractivity contribution < 1.29 is 19.1 Å². The minimum absolute atomic E-state index is 0.0360. The maximum atomic E-state index is 13.4. The van der Waals surface area contributed by atoms with Gasteiger partial charge < -0.3 is 30.6 Å². The first-order chi connectivity index (χ1) is 18.7. The smallest absolute Gasteiger partial charge is 0.251 e. The molecule has 3 amide bonds. The lowest BCUT2D eigenvalue weighted by Crippen LogP contribution is -2.56. The predicted octanol–water partition coefficient (Wildman–Crippen LogP) is 2.38. The zero-order chi connectivity index (χ0) is 27.8. The van der Waals surface area contributed by atoms with Crippen molar-refractivity contribution in [3.8, 4) is 0 Å². The van der Waals surface area contributed by atoms with E-state index < -0.39 is 29.4 Å². The Morgan fingerprint density at radius 2 is 1.79 bits per heavy atom. The molecule has 1 aliphatic rings. The molecule has 4 N–H and O–H groups in total. The van der Waals surface area contributed by atoms with Crippen LogP contribution in [0.2, 0.25) is 0 Å². The Labute approximate surface area is 232 Å². The lowest BCUT2D eigenvalue weighted by atomic mass is 10.1. The first-order valence-corrected chi connectivity index (χ1v) is 13.8. The van der Waals surface area contributed by atoms with Gasteiger partial charge in [-0.1, -0.05) is 60.7 Å². The Kier molecular flexibility index (Phi) is 9.39. The van der Waals surface area contributed by atoms with Crippen LogP contribution >= 0.6 is 11.8 Å². The topological polar surface area (TPSA) is 132 Å². The van der Waals surface area contributed by atoms with Gasteiger partial charge in [0.15, 0.2) is 5.82 Å². The van der Waals surface area contributed by atoms with Crippen LogP contribution in [-0.4, -0.2) is 68.5 Å². The number of aromatic nitrogens is 2. The van der Waals surface area contributed by atoms with Gasteiger partial charge in [0.25, 0.3) is 11.8 Å². The molecule has 1 saturated heterocycles. The van der Waals surface area contributed by atoms with Crippen LogP contribution in [0.5, 0.6) is 0 Å². The number of nitrogens with two attached hydrogens (primary N) is 1. The van der Waals surface area contributed by atoms with Gasteiger partial charge in [-0.2, -0.15) is 0 Å². The van der Waals surface area contributed by atoms with Crippen molar-refractivity contribution in [1.82, 2.24) is 19.8 Å². The van der Waals surface area contributed by atoms with Gasteiger partial charge in [0.2, 0.25) is 5.91 Å². The molecule has 2 heterocycles. The van der Waals surface area contributed by atoms with E-state index in [4.69, 9.17) is 10.5 Å². The fraction of sp³-hybridized carbons (Fsp3) is 0.357. The van der Waals surface area contributed by atoms with Crippen molar-refractivity contribution in [3.05, 3.63) is 84.3 Å². The number of carbonyl (C=O) groups excluding carboxylic acids is 3. The fourth-order valence-electron chi connectivity index (χ4n) is 3.99. The van der Waals surface area contributed by atoms with Crippen molar-refractivity contribution in [1.29, 1.82) is 0 Å². The lowest BCUT2D eigenvalue weighted by Gasteiger charge is -2.24. The lowest BCUT2D eigenvalue weighted by molar-refractivity contribution is -0.132. The number of hydrogen-bond donors (Lipinski definition) is 3. The molecule has 39 heavy (non-hydrogen) atoms. The highest BCUT2D eigenvalue weighted by Gasteiger charge is 2.31. The molecule has 1 aromatic heterocycles. The highest BCUT2D eigenvalue weighted by Crippen LogP contribution is 2.25. The maximum absolute atomic E-state index is 13.4. The van der Waals surface area contributed by atoms with Crippen LogP contribution in [0.15, 0.2) is 73.2 Å². The molecule has 0 radical (unpaired) electrons.